The number of aromatic nitrogens is 4. The van der Waals surface area contributed by atoms with Crippen molar-refractivity contribution in [1.82, 2.24) is 19.9 Å². The van der Waals surface area contributed by atoms with Crippen LogP contribution in [0.2, 0.25) is 5.28 Å². The van der Waals surface area contributed by atoms with Gasteiger partial charge >= 0.3 is 19.6 Å². The molecule has 0 unspecified atom stereocenters. The number of rotatable bonds is 7. The van der Waals surface area contributed by atoms with Crippen LogP contribution in [0.15, 0.2) is 57.7 Å². The molecule has 0 aliphatic carbocycles. The fourth-order valence-electron chi connectivity index (χ4n) is 2.82. The second kappa shape index (κ2) is 19.7. The summed E-state index contributed by atoms with van der Waals surface area (Å²) in [6.07, 6.45) is 1.64. The number of nitrogens with zero attached hydrogens (tertiary/aromatic N) is 4. The van der Waals surface area contributed by atoms with E-state index in [0.717, 1.165) is 12.4 Å². The Labute approximate surface area is 277 Å². The molecule has 0 saturated carbocycles. The lowest BCUT2D eigenvalue weighted by atomic mass is 10.2. The van der Waals surface area contributed by atoms with Crippen molar-refractivity contribution >= 4 is 63.1 Å². The van der Waals surface area contributed by atoms with Gasteiger partial charge in [-0.15, -0.1) is 0 Å². The first-order valence-corrected chi connectivity index (χ1v) is 14.0. The molecule has 10 nitrogen and oxygen atoms in total. The van der Waals surface area contributed by atoms with Gasteiger partial charge in [0.2, 0.25) is 5.28 Å². The van der Waals surface area contributed by atoms with Gasteiger partial charge in [-0.2, -0.15) is 0 Å². The lowest BCUT2D eigenvalue weighted by Crippen LogP contribution is -2.11. The number of hydrogen-bond acceptors (Lipinski definition) is 10. The number of hydrogen-bond donors (Lipinski definition) is 1. The Morgan fingerprint density at radius 3 is 1.89 bits per heavy atom. The monoisotopic (exact) mass is 779 g/mol. The maximum absolute atomic E-state index is 13.7. The van der Waals surface area contributed by atoms with Gasteiger partial charge in [-0.05, 0) is 61.8 Å². The van der Waals surface area contributed by atoms with Gasteiger partial charge in [0.15, 0.2) is 34.7 Å². The SMILES string of the molecule is C.CCOC(=O)c1nc(-c2cc(Br)ccc2F)ncc1F.CCOC(=O)c1nc(Cl)ncc1F.O[B]Oc1cc(Br)ccc1F. The zero-order valence-corrected chi connectivity index (χ0v) is 26.5. The number of halogens is 7. The number of esters is 2. The summed E-state index contributed by atoms with van der Waals surface area (Å²) in [6.45, 7) is 3.44. The maximum atomic E-state index is 13.7. The van der Waals surface area contributed by atoms with E-state index < -0.39 is 46.6 Å². The van der Waals surface area contributed by atoms with Crippen LogP contribution < -0.4 is 4.65 Å². The van der Waals surface area contributed by atoms with E-state index in [1.54, 1.807) is 19.9 Å². The normalized spacial score (nSPS) is 9.73. The highest BCUT2D eigenvalue weighted by molar-refractivity contribution is 9.10. The Bertz CT molecular complexity index is 1610. The van der Waals surface area contributed by atoms with Crippen LogP contribution >= 0.6 is 43.5 Å². The summed E-state index contributed by atoms with van der Waals surface area (Å²) in [6, 6.07) is 8.37. The molecule has 0 aliphatic heterocycles. The van der Waals surface area contributed by atoms with E-state index in [9.17, 15) is 27.2 Å². The summed E-state index contributed by atoms with van der Waals surface area (Å²) < 4.78 is 67.7. The van der Waals surface area contributed by atoms with Crippen molar-refractivity contribution < 1.29 is 46.3 Å². The van der Waals surface area contributed by atoms with Crippen molar-refractivity contribution in [3.63, 3.8) is 0 Å². The lowest BCUT2D eigenvalue weighted by Gasteiger charge is -2.06. The summed E-state index contributed by atoms with van der Waals surface area (Å²) in [5.74, 6) is -4.71. The molecule has 0 spiro atoms. The summed E-state index contributed by atoms with van der Waals surface area (Å²) >= 11 is 11.7. The minimum absolute atomic E-state index is 0. The van der Waals surface area contributed by atoms with Crippen molar-refractivity contribution in [3.8, 4) is 17.1 Å². The van der Waals surface area contributed by atoms with Crippen molar-refractivity contribution in [1.29, 1.82) is 0 Å². The fourth-order valence-corrected chi connectivity index (χ4v) is 3.66. The second-order valence-electron chi connectivity index (χ2n) is 7.59. The van der Waals surface area contributed by atoms with E-state index in [4.69, 9.17) is 16.6 Å². The molecular formula is C27H23BBr2ClF4N4O6. The number of ether oxygens (including phenoxy) is 2. The molecular weight excluding hydrogens is 758 g/mol. The van der Waals surface area contributed by atoms with Gasteiger partial charge in [0, 0.05) is 8.95 Å². The molecule has 1 N–H and O–H groups in total. The third-order valence-electron chi connectivity index (χ3n) is 4.64. The van der Waals surface area contributed by atoms with Crippen molar-refractivity contribution in [2.24, 2.45) is 0 Å². The van der Waals surface area contributed by atoms with E-state index in [2.05, 4.69) is 65.9 Å². The number of benzene rings is 2. The highest BCUT2D eigenvalue weighted by Crippen LogP contribution is 2.24. The molecule has 2 heterocycles. The van der Waals surface area contributed by atoms with E-state index in [0.29, 0.717) is 16.6 Å². The zero-order chi connectivity index (χ0) is 32.8. The predicted molar refractivity (Wildman–Crippen MR) is 163 cm³/mol. The summed E-state index contributed by atoms with van der Waals surface area (Å²) in [4.78, 5) is 36.7. The molecule has 4 aromatic rings. The first-order valence-electron chi connectivity index (χ1n) is 12.0. The molecule has 4 rings (SSSR count). The molecule has 2 aromatic carbocycles. The molecule has 0 saturated heterocycles. The van der Waals surface area contributed by atoms with Crippen LogP contribution in [0.5, 0.6) is 5.75 Å². The van der Waals surface area contributed by atoms with Crippen LogP contribution in [-0.4, -0.2) is 57.8 Å². The number of carbonyl (C=O) groups excluding carboxylic acids is 2. The Morgan fingerprint density at radius 1 is 0.822 bits per heavy atom. The highest BCUT2D eigenvalue weighted by Gasteiger charge is 2.19. The highest BCUT2D eigenvalue weighted by atomic mass is 79.9. The Kier molecular flexibility index (Phi) is 17.2. The van der Waals surface area contributed by atoms with Gasteiger partial charge < -0.3 is 19.2 Å². The fraction of sp³-hybridized carbons (Fsp3) is 0.185. The predicted octanol–water partition coefficient (Wildman–Crippen LogP) is 6.94. The van der Waals surface area contributed by atoms with E-state index in [-0.39, 0.29) is 43.1 Å². The molecule has 0 bridgehead atoms. The van der Waals surface area contributed by atoms with Gasteiger partial charge in [-0.25, -0.2) is 47.1 Å². The van der Waals surface area contributed by atoms with Crippen LogP contribution in [0, 0.1) is 23.3 Å². The molecule has 1 radical (unpaired) electrons. The first kappa shape index (κ1) is 39.4. The average Bonchev–Trinajstić information content (AvgIpc) is 2.99. The van der Waals surface area contributed by atoms with Crippen LogP contribution in [-0.2, 0) is 9.47 Å². The Morgan fingerprint density at radius 2 is 1.33 bits per heavy atom. The van der Waals surface area contributed by atoms with Crippen molar-refractivity contribution in [2.75, 3.05) is 13.2 Å². The summed E-state index contributed by atoms with van der Waals surface area (Å²) in [5, 5.41) is 8.02. The molecule has 2 aromatic heterocycles. The van der Waals surface area contributed by atoms with Crippen LogP contribution in [0.25, 0.3) is 11.4 Å². The Balaban J connectivity index is 0.000000353. The summed E-state index contributed by atoms with van der Waals surface area (Å²) in [7, 11) is 0.435. The van der Waals surface area contributed by atoms with E-state index >= 15 is 0 Å². The smallest absolute Gasteiger partial charge is 0.535 e. The minimum Gasteiger partial charge on any atom is -0.535 e. The van der Waals surface area contributed by atoms with Crippen molar-refractivity contribution in [2.45, 2.75) is 21.3 Å². The minimum atomic E-state index is -0.914. The summed E-state index contributed by atoms with van der Waals surface area (Å²) in [5.41, 5.74) is -0.900. The third-order valence-corrected chi connectivity index (χ3v) is 5.81. The van der Waals surface area contributed by atoms with Crippen LogP contribution in [0.4, 0.5) is 17.6 Å². The standard InChI is InChI=1S/C13H9BrF2N2O2.C7H6ClFN2O2.C6H4BBrFO2.CH4/c1-2-20-13(19)11-10(16)6-17-12(18-11)8-5-7(14)3-4-9(8)15;1-2-13-6(12)5-4(9)3-10-7(8)11-5;8-4-1-2-5(9)6(3-4)11-7-10;/h3-6H,2H2,1H3;3H,2H2,1H3;1-3,10H;1H4. The van der Waals surface area contributed by atoms with E-state index in [1.165, 1.54) is 30.3 Å². The molecule has 0 amide bonds. The van der Waals surface area contributed by atoms with Gasteiger partial charge in [-0.1, -0.05) is 39.3 Å². The second-order valence-corrected chi connectivity index (χ2v) is 9.76. The van der Waals surface area contributed by atoms with Gasteiger partial charge in [0.25, 0.3) is 0 Å². The Hall–Kier alpha value is -3.67. The van der Waals surface area contributed by atoms with Crippen LogP contribution in [0.1, 0.15) is 42.3 Å². The van der Waals surface area contributed by atoms with Gasteiger partial charge in [0.1, 0.15) is 11.6 Å². The van der Waals surface area contributed by atoms with Gasteiger partial charge in [-0.3, -0.25) is 0 Å². The lowest BCUT2D eigenvalue weighted by molar-refractivity contribution is 0.0503. The molecule has 0 aliphatic rings. The first-order chi connectivity index (χ1) is 20.9. The quantitative estimate of drug-likeness (QED) is 0.0911. The largest absolute Gasteiger partial charge is 0.569 e. The maximum Gasteiger partial charge on any atom is 0.569 e. The zero-order valence-electron chi connectivity index (χ0n) is 22.5. The number of carbonyl (C=O) groups is 2. The molecule has 0 atom stereocenters. The topological polar surface area (TPSA) is 134 Å². The average molecular weight is 782 g/mol. The molecule has 18 heteroatoms. The van der Waals surface area contributed by atoms with Crippen LogP contribution in [0.3, 0.4) is 0 Å². The molecule has 45 heavy (non-hydrogen) atoms. The van der Waals surface area contributed by atoms with Gasteiger partial charge in [0.05, 0.1) is 31.2 Å². The van der Waals surface area contributed by atoms with E-state index in [1.807, 2.05) is 0 Å². The molecule has 0 fully saturated rings. The molecule has 239 valence electrons. The van der Waals surface area contributed by atoms with Crippen molar-refractivity contribution in [3.05, 3.63) is 97.7 Å². The third kappa shape index (κ3) is 12.3.